The van der Waals surface area contributed by atoms with Crippen LogP contribution in [-0.2, 0) is 25.0 Å². The second-order valence-electron chi connectivity index (χ2n) is 10.3. The standard InChI is InChI=1S/C25H37O10P/c1-13(2)8-7-10-25(6)11-9-17-16(5)20(14(3)15(4)21(17)33-25)34-36(30,31)35-23-19(28)22(18(27)12-26)32-24(23)29/h13,18,22,26-28H,7-12H2,1-6H3,(H,30,31). The fourth-order valence-corrected chi connectivity index (χ4v) is 5.57. The lowest BCUT2D eigenvalue weighted by atomic mass is 9.84. The first-order valence-electron chi connectivity index (χ1n) is 12.2. The second-order valence-corrected chi connectivity index (χ2v) is 11.6. The molecule has 1 aromatic carbocycles. The minimum absolute atomic E-state index is 0.127. The van der Waals surface area contributed by atoms with Crippen LogP contribution in [0.25, 0.3) is 0 Å². The van der Waals surface area contributed by atoms with Gasteiger partial charge in [-0.1, -0.05) is 20.3 Å². The van der Waals surface area contributed by atoms with Crippen LogP contribution < -0.4 is 9.26 Å². The molecule has 4 unspecified atom stereocenters. The summed E-state index contributed by atoms with van der Waals surface area (Å²) in [7, 11) is -4.97. The molecule has 4 N–H and O–H groups in total. The van der Waals surface area contributed by atoms with Crippen molar-refractivity contribution in [2.45, 2.75) is 91.5 Å². The van der Waals surface area contributed by atoms with Crippen LogP contribution in [0.1, 0.15) is 68.7 Å². The van der Waals surface area contributed by atoms with Gasteiger partial charge in [0.15, 0.2) is 11.9 Å². The molecule has 2 aliphatic heterocycles. The van der Waals surface area contributed by atoms with Crippen LogP contribution in [0.4, 0.5) is 0 Å². The molecule has 3 rings (SSSR count). The fraction of sp³-hybridized carbons (Fsp3) is 0.640. The number of phosphoric acid groups is 1. The SMILES string of the molecule is Cc1c(C)c2c(c(C)c1OP(=O)(O)OC1=C(O)C(C(O)CO)OC1=O)CCC(C)(CCCC(C)C)O2. The summed E-state index contributed by atoms with van der Waals surface area (Å²) < 4.78 is 34.3. The number of phosphoric ester groups is 1. The molecule has 0 aliphatic carbocycles. The molecule has 1 aromatic rings. The van der Waals surface area contributed by atoms with E-state index in [1.165, 1.54) is 0 Å². The Kier molecular flexibility index (Phi) is 8.35. The summed E-state index contributed by atoms with van der Waals surface area (Å²) in [5.74, 6) is -1.61. The van der Waals surface area contributed by atoms with Gasteiger partial charge in [0.2, 0.25) is 0 Å². The van der Waals surface area contributed by atoms with Gasteiger partial charge in [-0.3, -0.25) is 4.89 Å². The zero-order chi connectivity index (χ0) is 27.0. The third-order valence-corrected chi connectivity index (χ3v) is 7.75. The molecule has 202 valence electrons. The number of hydrogen-bond acceptors (Lipinski definition) is 9. The van der Waals surface area contributed by atoms with E-state index in [1.54, 1.807) is 13.8 Å². The molecule has 10 nitrogen and oxygen atoms in total. The smallest absolute Gasteiger partial charge is 0.505 e. The number of carbonyl (C=O) groups is 1. The maximum Gasteiger partial charge on any atom is 0.585 e. The molecule has 36 heavy (non-hydrogen) atoms. The average Bonchev–Trinajstić information content (AvgIpc) is 3.07. The number of fused-ring (bicyclic) bond motifs is 1. The summed E-state index contributed by atoms with van der Waals surface area (Å²) in [4.78, 5) is 22.5. The summed E-state index contributed by atoms with van der Waals surface area (Å²) in [6.07, 6.45) is 1.37. The Balaban J connectivity index is 1.85. The molecule has 2 aliphatic rings. The lowest BCUT2D eigenvalue weighted by Crippen LogP contribution is -2.37. The highest BCUT2D eigenvalue weighted by molar-refractivity contribution is 7.48. The number of aliphatic hydroxyl groups is 3. The van der Waals surface area contributed by atoms with Crippen molar-refractivity contribution in [3.8, 4) is 11.5 Å². The predicted molar refractivity (Wildman–Crippen MR) is 131 cm³/mol. The van der Waals surface area contributed by atoms with Crippen LogP contribution in [0.3, 0.4) is 0 Å². The molecule has 0 aromatic heterocycles. The quantitative estimate of drug-likeness (QED) is 0.258. The van der Waals surface area contributed by atoms with E-state index in [-0.39, 0.29) is 11.4 Å². The van der Waals surface area contributed by atoms with Crippen molar-refractivity contribution >= 4 is 13.8 Å². The molecule has 0 fully saturated rings. The van der Waals surface area contributed by atoms with Gasteiger partial charge < -0.3 is 33.8 Å². The summed E-state index contributed by atoms with van der Waals surface area (Å²) in [6.45, 7) is 11.1. The first-order valence-corrected chi connectivity index (χ1v) is 13.7. The molecule has 11 heteroatoms. The zero-order valence-corrected chi connectivity index (χ0v) is 22.6. The van der Waals surface area contributed by atoms with Crippen LogP contribution >= 0.6 is 7.82 Å². The van der Waals surface area contributed by atoms with E-state index in [4.69, 9.17) is 23.6 Å². The van der Waals surface area contributed by atoms with Crippen LogP contribution in [0.5, 0.6) is 11.5 Å². The molecule has 0 amide bonds. The first-order chi connectivity index (χ1) is 16.7. The first kappa shape index (κ1) is 28.3. The van der Waals surface area contributed by atoms with Gasteiger partial charge >= 0.3 is 13.8 Å². The Morgan fingerprint density at radius 1 is 1.17 bits per heavy atom. The normalized spacial score (nSPS) is 24.2. The summed E-state index contributed by atoms with van der Waals surface area (Å²) in [5.41, 5.74) is 2.55. The number of carbonyl (C=O) groups excluding carboxylic acids is 1. The lowest BCUT2D eigenvalue weighted by Gasteiger charge is -2.38. The molecular formula is C25H37O10P. The van der Waals surface area contributed by atoms with Crippen molar-refractivity contribution in [2.75, 3.05) is 6.61 Å². The Morgan fingerprint density at radius 2 is 1.83 bits per heavy atom. The maximum absolute atomic E-state index is 12.9. The van der Waals surface area contributed by atoms with Gasteiger partial charge in [-0.2, -0.15) is 0 Å². The van der Waals surface area contributed by atoms with Crippen molar-refractivity contribution in [3.63, 3.8) is 0 Å². The molecule has 0 saturated heterocycles. The predicted octanol–water partition coefficient (Wildman–Crippen LogP) is 4.07. The minimum atomic E-state index is -4.97. The summed E-state index contributed by atoms with van der Waals surface area (Å²) >= 11 is 0. The number of aliphatic hydroxyl groups excluding tert-OH is 3. The number of hydrogen-bond donors (Lipinski definition) is 4. The van der Waals surface area contributed by atoms with Gasteiger partial charge in [0.25, 0.3) is 5.76 Å². The Hall–Kier alpha value is -2.26. The number of cyclic esters (lactones) is 1. The number of benzene rings is 1. The minimum Gasteiger partial charge on any atom is -0.505 e. The Labute approximate surface area is 211 Å². The van der Waals surface area contributed by atoms with Crippen molar-refractivity contribution in [3.05, 3.63) is 33.8 Å². The van der Waals surface area contributed by atoms with Crippen LogP contribution in [-0.4, -0.2) is 50.6 Å². The summed E-state index contributed by atoms with van der Waals surface area (Å²) in [6, 6.07) is 0. The fourth-order valence-electron chi connectivity index (χ4n) is 4.63. The van der Waals surface area contributed by atoms with Crippen LogP contribution in [0, 0.1) is 26.7 Å². The van der Waals surface area contributed by atoms with E-state index in [2.05, 4.69) is 20.8 Å². The molecular weight excluding hydrogens is 491 g/mol. The third kappa shape index (κ3) is 5.83. The molecule has 0 radical (unpaired) electrons. The number of esters is 1. The summed E-state index contributed by atoms with van der Waals surface area (Å²) in [5, 5.41) is 28.8. The van der Waals surface area contributed by atoms with Gasteiger partial charge in [-0.25, -0.2) is 9.36 Å². The molecule has 4 atom stereocenters. The average molecular weight is 529 g/mol. The topological polar surface area (TPSA) is 152 Å². The van der Waals surface area contributed by atoms with Crippen molar-refractivity contribution in [1.29, 1.82) is 0 Å². The van der Waals surface area contributed by atoms with Gasteiger partial charge in [0.1, 0.15) is 23.2 Å². The van der Waals surface area contributed by atoms with Crippen molar-refractivity contribution < 1.29 is 48.1 Å². The molecule has 0 saturated carbocycles. The Bertz CT molecular complexity index is 1100. The van der Waals surface area contributed by atoms with E-state index in [9.17, 15) is 24.5 Å². The van der Waals surface area contributed by atoms with E-state index in [0.29, 0.717) is 23.5 Å². The van der Waals surface area contributed by atoms with E-state index in [1.807, 2.05) is 6.92 Å². The third-order valence-electron chi connectivity index (χ3n) is 6.92. The highest BCUT2D eigenvalue weighted by Crippen LogP contribution is 2.52. The van der Waals surface area contributed by atoms with E-state index in [0.717, 1.165) is 42.6 Å². The number of ether oxygens (including phenoxy) is 2. The maximum atomic E-state index is 12.9. The monoisotopic (exact) mass is 528 g/mol. The zero-order valence-electron chi connectivity index (χ0n) is 21.7. The van der Waals surface area contributed by atoms with Crippen molar-refractivity contribution in [1.82, 2.24) is 0 Å². The van der Waals surface area contributed by atoms with E-state index >= 15 is 0 Å². The van der Waals surface area contributed by atoms with Gasteiger partial charge in [0.05, 0.1) is 6.61 Å². The van der Waals surface area contributed by atoms with Crippen molar-refractivity contribution in [2.24, 2.45) is 5.92 Å². The highest BCUT2D eigenvalue weighted by atomic mass is 31.2. The van der Waals surface area contributed by atoms with Gasteiger partial charge in [-0.05, 0) is 76.0 Å². The molecule has 0 spiro atoms. The Morgan fingerprint density at radius 3 is 2.44 bits per heavy atom. The van der Waals surface area contributed by atoms with Gasteiger partial charge in [0, 0.05) is 5.56 Å². The highest BCUT2D eigenvalue weighted by Gasteiger charge is 2.44. The largest absolute Gasteiger partial charge is 0.585 e. The van der Waals surface area contributed by atoms with Crippen LogP contribution in [0.15, 0.2) is 11.5 Å². The van der Waals surface area contributed by atoms with E-state index < -0.39 is 44.1 Å². The molecule has 2 heterocycles. The molecule has 0 bridgehead atoms. The van der Waals surface area contributed by atoms with Crippen LogP contribution in [0.2, 0.25) is 0 Å². The second kappa shape index (κ2) is 10.6. The lowest BCUT2D eigenvalue weighted by molar-refractivity contribution is -0.147. The number of rotatable bonds is 10. The van der Waals surface area contributed by atoms with Gasteiger partial charge in [-0.15, -0.1) is 0 Å².